The summed E-state index contributed by atoms with van der Waals surface area (Å²) in [5, 5.41) is 3.99. The van der Waals surface area contributed by atoms with Crippen LogP contribution in [-0.2, 0) is 13.5 Å². The quantitative estimate of drug-likeness (QED) is 0.648. The summed E-state index contributed by atoms with van der Waals surface area (Å²) in [6, 6.07) is 3.65. The first kappa shape index (κ1) is 17.8. The average molecular weight is 354 g/mol. The van der Waals surface area contributed by atoms with Gasteiger partial charge in [0.1, 0.15) is 5.69 Å². The number of carbonyl (C=O) groups is 1. The van der Waals surface area contributed by atoms with Gasteiger partial charge >= 0.3 is 0 Å². The van der Waals surface area contributed by atoms with Gasteiger partial charge in [-0.05, 0) is 25.5 Å². The van der Waals surface area contributed by atoms with Crippen molar-refractivity contribution in [3.8, 4) is 11.6 Å². The number of aromatic nitrogens is 5. The molecule has 0 atom stereocenters. The fourth-order valence-corrected chi connectivity index (χ4v) is 2.69. The van der Waals surface area contributed by atoms with Gasteiger partial charge in [0.05, 0.1) is 18.1 Å². The van der Waals surface area contributed by atoms with Crippen molar-refractivity contribution in [1.29, 1.82) is 0 Å². The summed E-state index contributed by atoms with van der Waals surface area (Å²) in [7, 11) is 1.77. The van der Waals surface area contributed by atoms with Crippen LogP contribution >= 0.6 is 0 Å². The van der Waals surface area contributed by atoms with Crippen LogP contribution in [-0.4, -0.2) is 37.1 Å². The largest absolute Gasteiger partial charge is 0.339 e. The Bertz CT molecular complexity index is 871. The van der Waals surface area contributed by atoms with Crippen LogP contribution in [0, 0.1) is 0 Å². The minimum absolute atomic E-state index is 0.156. The molecular weight excluding hydrogens is 332 g/mol. The highest BCUT2D eigenvalue weighted by molar-refractivity contribution is 6.05. The topological polar surface area (TPSA) is 89.9 Å². The third kappa shape index (κ3) is 3.49. The van der Waals surface area contributed by atoms with E-state index in [1.165, 1.54) is 0 Å². The number of hydrogen-bond acceptors (Lipinski definition) is 6. The van der Waals surface area contributed by atoms with Gasteiger partial charge in [-0.2, -0.15) is 4.98 Å². The van der Waals surface area contributed by atoms with E-state index in [0.29, 0.717) is 29.8 Å². The van der Waals surface area contributed by atoms with E-state index in [-0.39, 0.29) is 5.91 Å². The predicted octanol–water partition coefficient (Wildman–Crippen LogP) is 2.87. The highest BCUT2D eigenvalue weighted by Gasteiger charge is 2.23. The fraction of sp³-hybridized carbons (Fsp3) is 0.389. The summed E-state index contributed by atoms with van der Waals surface area (Å²) < 4.78 is 6.96. The van der Waals surface area contributed by atoms with Gasteiger partial charge in [0.2, 0.25) is 11.7 Å². The number of aryl methyl sites for hydroxylation is 1. The third-order valence-electron chi connectivity index (χ3n) is 4.14. The summed E-state index contributed by atoms with van der Waals surface area (Å²) in [4.78, 5) is 27.4. The second kappa shape index (κ2) is 7.90. The number of amides is 1. The minimum Gasteiger partial charge on any atom is -0.339 e. The van der Waals surface area contributed by atoms with Crippen LogP contribution in [0.1, 0.15) is 43.1 Å². The SMILES string of the molecule is CCCCc1nc(-c2ncc(C(=O)N(CC)c3cccnc3)n2C)no1. The van der Waals surface area contributed by atoms with Crippen molar-refractivity contribution in [3.63, 3.8) is 0 Å². The van der Waals surface area contributed by atoms with Crippen molar-refractivity contribution >= 4 is 11.6 Å². The summed E-state index contributed by atoms with van der Waals surface area (Å²) in [6.07, 6.45) is 7.67. The molecule has 8 heteroatoms. The Morgan fingerprint density at radius 3 is 2.85 bits per heavy atom. The Hall–Kier alpha value is -3.03. The molecule has 0 aromatic carbocycles. The Balaban J connectivity index is 1.86. The van der Waals surface area contributed by atoms with E-state index in [9.17, 15) is 4.79 Å². The molecule has 8 nitrogen and oxygen atoms in total. The highest BCUT2D eigenvalue weighted by Crippen LogP contribution is 2.20. The molecule has 0 unspecified atom stereocenters. The zero-order chi connectivity index (χ0) is 18.5. The molecule has 0 spiro atoms. The van der Waals surface area contributed by atoms with Crippen molar-refractivity contribution in [3.05, 3.63) is 42.3 Å². The third-order valence-corrected chi connectivity index (χ3v) is 4.14. The van der Waals surface area contributed by atoms with Gasteiger partial charge < -0.3 is 14.0 Å². The molecule has 0 saturated heterocycles. The first-order valence-electron chi connectivity index (χ1n) is 8.72. The lowest BCUT2D eigenvalue weighted by atomic mass is 10.2. The van der Waals surface area contributed by atoms with E-state index in [1.54, 1.807) is 41.2 Å². The summed E-state index contributed by atoms with van der Waals surface area (Å²) in [6.45, 7) is 4.55. The standard InChI is InChI=1S/C18H22N6O2/c1-4-6-9-15-21-16(22-26-15)17-20-12-14(23(17)3)18(25)24(5-2)13-8-7-10-19-11-13/h7-8,10-12H,4-6,9H2,1-3H3. The fourth-order valence-electron chi connectivity index (χ4n) is 2.69. The molecule has 26 heavy (non-hydrogen) atoms. The van der Waals surface area contributed by atoms with Crippen molar-refractivity contribution in [2.24, 2.45) is 7.05 Å². The smallest absolute Gasteiger partial charge is 0.276 e. The number of imidazole rings is 1. The number of anilines is 1. The lowest BCUT2D eigenvalue weighted by molar-refractivity contribution is 0.0980. The van der Waals surface area contributed by atoms with E-state index >= 15 is 0 Å². The normalized spacial score (nSPS) is 10.9. The first-order valence-corrected chi connectivity index (χ1v) is 8.72. The van der Waals surface area contributed by atoms with Gasteiger partial charge in [0.15, 0.2) is 5.82 Å². The molecule has 3 aromatic heterocycles. The van der Waals surface area contributed by atoms with Crippen molar-refractivity contribution < 1.29 is 9.32 Å². The van der Waals surface area contributed by atoms with Gasteiger partial charge in [-0.3, -0.25) is 9.78 Å². The molecule has 1 amide bonds. The molecule has 0 saturated carbocycles. The van der Waals surface area contributed by atoms with Crippen LogP contribution in [0.25, 0.3) is 11.6 Å². The molecule has 0 bridgehead atoms. The molecule has 0 fully saturated rings. The number of unbranched alkanes of at least 4 members (excludes halogenated alkanes) is 1. The monoisotopic (exact) mass is 354 g/mol. The van der Waals surface area contributed by atoms with Crippen molar-refractivity contribution in [2.75, 3.05) is 11.4 Å². The zero-order valence-corrected chi connectivity index (χ0v) is 15.2. The highest BCUT2D eigenvalue weighted by atomic mass is 16.5. The van der Waals surface area contributed by atoms with Crippen molar-refractivity contribution in [2.45, 2.75) is 33.1 Å². The number of hydrogen-bond donors (Lipinski definition) is 0. The molecule has 136 valence electrons. The summed E-state index contributed by atoms with van der Waals surface area (Å²) >= 11 is 0. The maximum atomic E-state index is 13.0. The van der Waals surface area contributed by atoms with Crippen LogP contribution in [0.3, 0.4) is 0 Å². The zero-order valence-electron chi connectivity index (χ0n) is 15.2. The molecule has 0 aliphatic heterocycles. The molecule has 0 aliphatic rings. The van der Waals surface area contributed by atoms with Crippen LogP contribution < -0.4 is 4.90 Å². The van der Waals surface area contributed by atoms with Gasteiger partial charge in [0.25, 0.3) is 5.91 Å². The van der Waals surface area contributed by atoms with Gasteiger partial charge in [-0.15, -0.1) is 0 Å². The Morgan fingerprint density at radius 1 is 1.31 bits per heavy atom. The predicted molar refractivity (Wildman–Crippen MR) is 96.7 cm³/mol. The molecule has 0 aliphatic carbocycles. The van der Waals surface area contributed by atoms with Crippen LogP contribution in [0.5, 0.6) is 0 Å². The Kier molecular flexibility index (Phi) is 5.40. The number of carbonyl (C=O) groups excluding carboxylic acids is 1. The van der Waals surface area contributed by atoms with Crippen LogP contribution in [0.2, 0.25) is 0 Å². The van der Waals surface area contributed by atoms with Gasteiger partial charge in [-0.25, -0.2) is 4.98 Å². The number of nitrogens with zero attached hydrogens (tertiary/aromatic N) is 6. The summed E-state index contributed by atoms with van der Waals surface area (Å²) in [5.74, 6) is 1.32. The van der Waals surface area contributed by atoms with Crippen LogP contribution in [0.4, 0.5) is 5.69 Å². The lowest BCUT2D eigenvalue weighted by Gasteiger charge is -2.20. The second-order valence-electron chi connectivity index (χ2n) is 5.90. The molecule has 3 heterocycles. The van der Waals surface area contributed by atoms with E-state index in [1.807, 2.05) is 13.0 Å². The molecule has 0 radical (unpaired) electrons. The van der Waals surface area contributed by atoms with E-state index in [2.05, 4.69) is 27.0 Å². The lowest BCUT2D eigenvalue weighted by Crippen LogP contribution is -2.32. The van der Waals surface area contributed by atoms with E-state index in [0.717, 1.165) is 24.9 Å². The average Bonchev–Trinajstić information content (AvgIpc) is 3.27. The Labute approximate surface area is 151 Å². The van der Waals surface area contributed by atoms with Crippen LogP contribution in [0.15, 0.2) is 35.2 Å². The maximum Gasteiger partial charge on any atom is 0.276 e. The van der Waals surface area contributed by atoms with Gasteiger partial charge in [-0.1, -0.05) is 18.5 Å². The Morgan fingerprint density at radius 2 is 2.15 bits per heavy atom. The second-order valence-corrected chi connectivity index (χ2v) is 5.90. The molecular formula is C18H22N6O2. The summed E-state index contributed by atoms with van der Waals surface area (Å²) in [5.41, 5.74) is 1.19. The van der Waals surface area contributed by atoms with Crippen molar-refractivity contribution in [1.82, 2.24) is 24.7 Å². The number of rotatable bonds is 7. The molecule has 0 N–H and O–H groups in total. The molecule has 3 aromatic rings. The first-order chi connectivity index (χ1) is 12.7. The molecule has 3 rings (SSSR count). The van der Waals surface area contributed by atoms with E-state index in [4.69, 9.17) is 4.52 Å². The van der Waals surface area contributed by atoms with E-state index < -0.39 is 0 Å². The minimum atomic E-state index is -0.156. The van der Waals surface area contributed by atoms with Gasteiger partial charge in [0, 0.05) is 26.2 Å². The number of pyridine rings is 1. The maximum absolute atomic E-state index is 13.0.